The van der Waals surface area contributed by atoms with Crippen LogP contribution in [0.1, 0.15) is 0 Å². The number of hydrogen-bond acceptors (Lipinski definition) is 2. The Bertz CT molecular complexity index is 730. The highest BCUT2D eigenvalue weighted by Crippen LogP contribution is 2.15. The summed E-state index contributed by atoms with van der Waals surface area (Å²) in [6, 6.07) is 12.7. The van der Waals surface area contributed by atoms with Crippen molar-refractivity contribution in [1.29, 1.82) is 0 Å². The minimum Gasteiger partial charge on any atom is -0.304 e. The minimum atomic E-state index is -0.221. The maximum Gasteiger partial charge on any atom is 0.332 e. The Morgan fingerprint density at radius 2 is 1.88 bits per heavy atom. The minimum absolute atomic E-state index is 0.221. The van der Waals surface area contributed by atoms with Crippen LogP contribution in [0, 0.1) is 0 Å². The second-order valence-corrected chi connectivity index (χ2v) is 3.99. The van der Waals surface area contributed by atoms with Gasteiger partial charge in [-0.15, -0.1) is 0 Å². The fourth-order valence-corrected chi connectivity index (χ4v) is 1.92. The van der Waals surface area contributed by atoms with Crippen LogP contribution in [0.5, 0.6) is 0 Å². The van der Waals surface area contributed by atoms with E-state index in [9.17, 15) is 4.79 Å². The van der Waals surface area contributed by atoms with Gasteiger partial charge in [-0.05, 0) is 24.3 Å². The molecule has 0 fully saturated rings. The Morgan fingerprint density at radius 1 is 1.12 bits per heavy atom. The zero-order valence-corrected chi connectivity index (χ0v) is 9.48. The summed E-state index contributed by atoms with van der Waals surface area (Å²) in [4.78, 5) is 18.8. The van der Waals surface area contributed by atoms with Gasteiger partial charge >= 0.3 is 5.69 Å². The summed E-state index contributed by atoms with van der Waals surface area (Å²) in [5.74, 6) is 0. The SMILES string of the molecule is O=c1[nH]c2ccc(Cl)nc2n1-c1ccccc1. The first-order valence-corrected chi connectivity index (χ1v) is 5.46. The topological polar surface area (TPSA) is 50.7 Å². The van der Waals surface area contributed by atoms with E-state index in [1.54, 1.807) is 12.1 Å². The monoisotopic (exact) mass is 245 g/mol. The number of para-hydroxylation sites is 1. The van der Waals surface area contributed by atoms with Crippen LogP contribution in [-0.4, -0.2) is 14.5 Å². The Kier molecular flexibility index (Phi) is 2.23. The maximum absolute atomic E-state index is 11.9. The third kappa shape index (κ3) is 1.62. The van der Waals surface area contributed by atoms with Gasteiger partial charge in [0.1, 0.15) is 5.15 Å². The molecule has 4 nitrogen and oxygen atoms in total. The number of nitrogens with zero attached hydrogens (tertiary/aromatic N) is 2. The number of fused-ring (bicyclic) bond motifs is 1. The van der Waals surface area contributed by atoms with Crippen molar-refractivity contribution in [2.75, 3.05) is 0 Å². The summed E-state index contributed by atoms with van der Waals surface area (Å²) in [7, 11) is 0. The lowest BCUT2D eigenvalue weighted by Crippen LogP contribution is -2.14. The lowest BCUT2D eigenvalue weighted by molar-refractivity contribution is 1.00. The molecule has 0 saturated carbocycles. The highest BCUT2D eigenvalue weighted by atomic mass is 35.5. The quantitative estimate of drug-likeness (QED) is 0.669. The number of imidazole rings is 1. The number of halogens is 1. The number of hydrogen-bond donors (Lipinski definition) is 1. The number of benzene rings is 1. The summed E-state index contributed by atoms with van der Waals surface area (Å²) in [5, 5.41) is 0.362. The van der Waals surface area contributed by atoms with Gasteiger partial charge in [0, 0.05) is 0 Å². The molecule has 0 aliphatic carbocycles. The molecule has 0 amide bonds. The summed E-state index contributed by atoms with van der Waals surface area (Å²) in [6.07, 6.45) is 0. The first-order chi connectivity index (χ1) is 8.25. The van der Waals surface area contributed by atoms with Crippen LogP contribution in [0.15, 0.2) is 47.3 Å². The van der Waals surface area contributed by atoms with Crippen molar-refractivity contribution in [3.8, 4) is 5.69 Å². The van der Waals surface area contributed by atoms with Gasteiger partial charge in [0.25, 0.3) is 0 Å². The van der Waals surface area contributed by atoms with Gasteiger partial charge in [0.2, 0.25) is 0 Å². The Labute approximate surface area is 101 Å². The molecule has 0 radical (unpaired) electrons. The number of aromatic nitrogens is 3. The lowest BCUT2D eigenvalue weighted by atomic mass is 10.3. The van der Waals surface area contributed by atoms with Crippen molar-refractivity contribution in [3.05, 3.63) is 58.1 Å². The van der Waals surface area contributed by atoms with Crippen LogP contribution in [-0.2, 0) is 0 Å². The van der Waals surface area contributed by atoms with Gasteiger partial charge in [0.05, 0.1) is 11.2 Å². The lowest BCUT2D eigenvalue weighted by Gasteiger charge is -2.01. The number of nitrogens with one attached hydrogen (secondary N) is 1. The fraction of sp³-hybridized carbons (Fsp3) is 0. The van der Waals surface area contributed by atoms with Crippen molar-refractivity contribution in [2.24, 2.45) is 0 Å². The average molecular weight is 246 g/mol. The summed E-state index contributed by atoms with van der Waals surface area (Å²) >= 11 is 5.85. The summed E-state index contributed by atoms with van der Waals surface area (Å²) < 4.78 is 1.50. The molecule has 17 heavy (non-hydrogen) atoms. The highest BCUT2D eigenvalue weighted by Gasteiger charge is 2.09. The van der Waals surface area contributed by atoms with E-state index in [1.807, 2.05) is 30.3 Å². The average Bonchev–Trinajstić information content (AvgIpc) is 2.65. The first kappa shape index (κ1) is 10.1. The highest BCUT2D eigenvalue weighted by molar-refractivity contribution is 6.29. The smallest absolute Gasteiger partial charge is 0.304 e. The zero-order valence-electron chi connectivity index (χ0n) is 8.72. The van der Waals surface area contributed by atoms with Gasteiger partial charge in [-0.1, -0.05) is 29.8 Å². The van der Waals surface area contributed by atoms with Gasteiger partial charge in [0.15, 0.2) is 5.65 Å². The number of H-pyrrole nitrogens is 1. The first-order valence-electron chi connectivity index (χ1n) is 5.08. The molecule has 1 N–H and O–H groups in total. The van der Waals surface area contributed by atoms with Crippen LogP contribution in [0.3, 0.4) is 0 Å². The Balaban J connectivity index is 2.40. The molecule has 2 aromatic heterocycles. The van der Waals surface area contributed by atoms with E-state index in [0.29, 0.717) is 16.3 Å². The molecule has 3 rings (SSSR count). The predicted molar refractivity (Wildman–Crippen MR) is 66.7 cm³/mol. The van der Waals surface area contributed by atoms with Crippen molar-refractivity contribution >= 4 is 22.8 Å². The van der Waals surface area contributed by atoms with Crippen molar-refractivity contribution in [3.63, 3.8) is 0 Å². The molecule has 0 unspecified atom stereocenters. The van der Waals surface area contributed by atoms with E-state index in [1.165, 1.54) is 4.57 Å². The van der Waals surface area contributed by atoms with Gasteiger partial charge in [-0.3, -0.25) is 0 Å². The van der Waals surface area contributed by atoms with Crippen molar-refractivity contribution in [2.45, 2.75) is 0 Å². The molecule has 1 aromatic carbocycles. The molecule has 0 spiro atoms. The van der Waals surface area contributed by atoms with Crippen LogP contribution in [0.4, 0.5) is 0 Å². The number of pyridine rings is 1. The van der Waals surface area contributed by atoms with E-state index >= 15 is 0 Å². The maximum atomic E-state index is 11.9. The van der Waals surface area contributed by atoms with Crippen LogP contribution < -0.4 is 5.69 Å². The van der Waals surface area contributed by atoms with Crippen LogP contribution in [0.25, 0.3) is 16.9 Å². The second-order valence-electron chi connectivity index (χ2n) is 3.61. The largest absolute Gasteiger partial charge is 0.332 e. The molecule has 0 saturated heterocycles. The summed E-state index contributed by atoms with van der Waals surface area (Å²) in [5.41, 5.74) is 1.75. The normalized spacial score (nSPS) is 10.9. The molecule has 0 aliphatic rings. The molecule has 0 bridgehead atoms. The third-order valence-corrected chi connectivity index (χ3v) is 2.72. The van der Waals surface area contributed by atoms with Crippen molar-refractivity contribution < 1.29 is 0 Å². The Morgan fingerprint density at radius 3 is 2.65 bits per heavy atom. The van der Waals surface area contributed by atoms with E-state index in [-0.39, 0.29) is 5.69 Å². The van der Waals surface area contributed by atoms with Crippen LogP contribution >= 0.6 is 11.6 Å². The summed E-state index contributed by atoms with van der Waals surface area (Å²) in [6.45, 7) is 0. The molecular formula is C12H8ClN3O. The molecule has 5 heteroatoms. The molecule has 84 valence electrons. The van der Waals surface area contributed by atoms with Crippen molar-refractivity contribution in [1.82, 2.24) is 14.5 Å². The number of aromatic amines is 1. The molecule has 3 aromatic rings. The van der Waals surface area contributed by atoms with Gasteiger partial charge in [-0.2, -0.15) is 0 Å². The van der Waals surface area contributed by atoms with E-state index < -0.39 is 0 Å². The number of rotatable bonds is 1. The van der Waals surface area contributed by atoms with Gasteiger partial charge in [-0.25, -0.2) is 14.3 Å². The fourth-order valence-electron chi connectivity index (χ4n) is 1.78. The molecule has 2 heterocycles. The van der Waals surface area contributed by atoms with E-state index in [4.69, 9.17) is 11.6 Å². The van der Waals surface area contributed by atoms with E-state index in [2.05, 4.69) is 9.97 Å². The molecule has 0 aliphatic heterocycles. The standard InChI is InChI=1S/C12H8ClN3O/c13-10-7-6-9-11(15-10)16(12(17)14-9)8-4-2-1-3-5-8/h1-7H,(H,14,17). The van der Waals surface area contributed by atoms with Gasteiger partial charge < -0.3 is 4.98 Å². The molecular weight excluding hydrogens is 238 g/mol. The zero-order chi connectivity index (χ0) is 11.8. The second kappa shape index (κ2) is 3.75. The van der Waals surface area contributed by atoms with Crippen LogP contribution in [0.2, 0.25) is 5.15 Å². The van der Waals surface area contributed by atoms with E-state index in [0.717, 1.165) is 5.69 Å². The molecule has 0 atom stereocenters. The predicted octanol–water partition coefficient (Wildman–Crippen LogP) is 2.37. The Hall–Kier alpha value is -2.07. The third-order valence-electron chi connectivity index (χ3n) is 2.51.